The number of nitrogens with one attached hydrogen (secondary N) is 1. The molecule has 1 aromatic carbocycles. The standard InChI is InChI=1S/C16H23N3O2/c1-12-6-4-5-7-14(12)17-15(20)10-16(21)19(3)13-8-9-18(2)11-13/h4-7,13H,8-11H2,1-3H3,(H,17,20)/t13-/m0/s1. The van der Waals surface area contributed by atoms with Gasteiger partial charge in [0.15, 0.2) is 0 Å². The molecule has 21 heavy (non-hydrogen) atoms. The van der Waals surface area contributed by atoms with Gasteiger partial charge in [-0.1, -0.05) is 18.2 Å². The maximum Gasteiger partial charge on any atom is 0.233 e. The van der Waals surface area contributed by atoms with Crippen molar-refractivity contribution in [3.63, 3.8) is 0 Å². The minimum Gasteiger partial charge on any atom is -0.341 e. The van der Waals surface area contributed by atoms with E-state index in [0.29, 0.717) is 0 Å². The predicted molar refractivity (Wildman–Crippen MR) is 83.1 cm³/mol. The molecule has 1 fully saturated rings. The number of nitrogens with zero attached hydrogens (tertiary/aromatic N) is 2. The summed E-state index contributed by atoms with van der Waals surface area (Å²) in [6, 6.07) is 7.77. The Morgan fingerprint density at radius 1 is 1.38 bits per heavy atom. The van der Waals surface area contributed by atoms with E-state index in [1.807, 2.05) is 38.2 Å². The lowest BCUT2D eigenvalue weighted by Crippen LogP contribution is -2.40. The summed E-state index contributed by atoms with van der Waals surface area (Å²) in [7, 11) is 3.83. The smallest absolute Gasteiger partial charge is 0.233 e. The van der Waals surface area contributed by atoms with E-state index in [1.165, 1.54) is 0 Å². The summed E-state index contributed by atoms with van der Waals surface area (Å²) in [5.41, 5.74) is 1.75. The van der Waals surface area contributed by atoms with E-state index < -0.39 is 0 Å². The Hall–Kier alpha value is -1.88. The molecule has 0 radical (unpaired) electrons. The van der Waals surface area contributed by atoms with Crippen molar-refractivity contribution in [1.82, 2.24) is 9.80 Å². The molecule has 0 spiro atoms. The van der Waals surface area contributed by atoms with Crippen molar-refractivity contribution in [3.05, 3.63) is 29.8 Å². The normalized spacial score (nSPS) is 18.5. The third kappa shape index (κ3) is 4.04. The van der Waals surface area contributed by atoms with E-state index in [0.717, 1.165) is 30.8 Å². The number of hydrogen-bond acceptors (Lipinski definition) is 3. The molecule has 5 heteroatoms. The number of carbonyl (C=O) groups excluding carboxylic acids is 2. The fourth-order valence-corrected chi connectivity index (χ4v) is 2.60. The number of benzene rings is 1. The molecule has 1 aliphatic rings. The molecule has 1 aliphatic heterocycles. The lowest BCUT2D eigenvalue weighted by Gasteiger charge is -2.24. The summed E-state index contributed by atoms with van der Waals surface area (Å²) >= 11 is 0. The topological polar surface area (TPSA) is 52.7 Å². The Morgan fingerprint density at radius 3 is 2.71 bits per heavy atom. The van der Waals surface area contributed by atoms with Crippen molar-refractivity contribution in [2.45, 2.75) is 25.8 Å². The summed E-state index contributed by atoms with van der Waals surface area (Å²) < 4.78 is 0. The molecule has 2 rings (SSSR count). The Morgan fingerprint density at radius 2 is 2.10 bits per heavy atom. The van der Waals surface area contributed by atoms with E-state index in [1.54, 1.807) is 11.9 Å². The van der Waals surface area contributed by atoms with E-state index in [9.17, 15) is 9.59 Å². The molecule has 2 amide bonds. The van der Waals surface area contributed by atoms with Crippen LogP contribution in [0, 0.1) is 6.92 Å². The summed E-state index contributed by atoms with van der Waals surface area (Å²) in [6.45, 7) is 3.80. The van der Waals surface area contributed by atoms with Gasteiger partial charge >= 0.3 is 0 Å². The Bertz CT molecular complexity index is 530. The first kappa shape index (κ1) is 15.5. The summed E-state index contributed by atoms with van der Waals surface area (Å²) in [5.74, 6) is -0.381. The van der Waals surface area contributed by atoms with Crippen LogP contribution in [0.15, 0.2) is 24.3 Å². The fraction of sp³-hybridized carbons (Fsp3) is 0.500. The van der Waals surface area contributed by atoms with Crippen LogP contribution >= 0.6 is 0 Å². The number of anilines is 1. The van der Waals surface area contributed by atoms with Crippen LogP contribution in [-0.2, 0) is 9.59 Å². The van der Waals surface area contributed by atoms with Gasteiger partial charge in [0.05, 0.1) is 0 Å². The van der Waals surface area contributed by atoms with Crippen molar-refractivity contribution in [3.8, 4) is 0 Å². The van der Waals surface area contributed by atoms with Crippen molar-refractivity contribution < 1.29 is 9.59 Å². The molecule has 0 unspecified atom stereocenters. The zero-order valence-electron chi connectivity index (χ0n) is 12.9. The van der Waals surface area contributed by atoms with Gasteiger partial charge in [-0.25, -0.2) is 0 Å². The second kappa shape index (κ2) is 6.72. The molecular weight excluding hydrogens is 266 g/mol. The van der Waals surface area contributed by atoms with Crippen LogP contribution in [0.1, 0.15) is 18.4 Å². The second-order valence-corrected chi connectivity index (χ2v) is 5.75. The number of rotatable bonds is 4. The highest BCUT2D eigenvalue weighted by molar-refractivity contribution is 6.03. The first-order valence-corrected chi connectivity index (χ1v) is 7.27. The summed E-state index contributed by atoms with van der Waals surface area (Å²) in [5, 5.41) is 2.80. The number of carbonyl (C=O) groups is 2. The third-order valence-electron chi connectivity index (χ3n) is 4.04. The number of aryl methyl sites for hydroxylation is 1. The number of likely N-dealkylation sites (tertiary alicyclic amines) is 1. The molecule has 0 aliphatic carbocycles. The average Bonchev–Trinajstić information content (AvgIpc) is 2.87. The zero-order chi connectivity index (χ0) is 15.4. The van der Waals surface area contributed by atoms with Crippen molar-refractivity contribution in [2.75, 3.05) is 32.5 Å². The molecule has 1 heterocycles. The van der Waals surface area contributed by atoms with Crippen LogP contribution in [0.25, 0.3) is 0 Å². The second-order valence-electron chi connectivity index (χ2n) is 5.75. The number of amides is 2. The molecule has 114 valence electrons. The number of para-hydroxylation sites is 1. The van der Waals surface area contributed by atoms with E-state index in [2.05, 4.69) is 10.2 Å². The summed E-state index contributed by atoms with van der Waals surface area (Å²) in [4.78, 5) is 28.1. The fourth-order valence-electron chi connectivity index (χ4n) is 2.60. The maximum atomic E-state index is 12.2. The van der Waals surface area contributed by atoms with Crippen LogP contribution in [-0.4, -0.2) is 54.8 Å². The van der Waals surface area contributed by atoms with Crippen LogP contribution in [0.5, 0.6) is 0 Å². The van der Waals surface area contributed by atoms with Crippen molar-refractivity contribution >= 4 is 17.5 Å². The molecule has 1 aromatic rings. The van der Waals surface area contributed by atoms with Gasteiger partial charge in [-0.2, -0.15) is 0 Å². The van der Waals surface area contributed by atoms with Crippen LogP contribution in [0.4, 0.5) is 5.69 Å². The van der Waals surface area contributed by atoms with Gasteiger partial charge in [0.1, 0.15) is 6.42 Å². The van der Waals surface area contributed by atoms with Gasteiger partial charge in [-0.15, -0.1) is 0 Å². The van der Waals surface area contributed by atoms with E-state index >= 15 is 0 Å². The van der Waals surface area contributed by atoms with Gasteiger partial charge in [0.2, 0.25) is 11.8 Å². The highest BCUT2D eigenvalue weighted by atomic mass is 16.2. The van der Waals surface area contributed by atoms with E-state index in [4.69, 9.17) is 0 Å². The number of hydrogen-bond donors (Lipinski definition) is 1. The minimum atomic E-state index is -0.257. The molecule has 0 aromatic heterocycles. The monoisotopic (exact) mass is 289 g/mol. The summed E-state index contributed by atoms with van der Waals surface area (Å²) in [6.07, 6.45) is 0.864. The highest BCUT2D eigenvalue weighted by Crippen LogP contribution is 2.15. The molecule has 1 atom stereocenters. The van der Waals surface area contributed by atoms with E-state index in [-0.39, 0.29) is 24.3 Å². The highest BCUT2D eigenvalue weighted by Gasteiger charge is 2.27. The maximum absolute atomic E-state index is 12.2. The minimum absolute atomic E-state index is 0.106. The molecule has 1 saturated heterocycles. The third-order valence-corrected chi connectivity index (χ3v) is 4.04. The first-order chi connectivity index (χ1) is 9.97. The first-order valence-electron chi connectivity index (χ1n) is 7.27. The number of likely N-dealkylation sites (N-methyl/N-ethyl adjacent to an activating group) is 2. The van der Waals surface area contributed by atoms with Crippen molar-refractivity contribution in [1.29, 1.82) is 0 Å². The quantitative estimate of drug-likeness (QED) is 0.854. The lowest BCUT2D eigenvalue weighted by molar-refractivity contribution is -0.135. The Balaban J connectivity index is 1.87. The molecule has 5 nitrogen and oxygen atoms in total. The largest absolute Gasteiger partial charge is 0.341 e. The Kier molecular flexibility index (Phi) is 4.96. The van der Waals surface area contributed by atoms with Crippen LogP contribution in [0.2, 0.25) is 0 Å². The lowest BCUT2D eigenvalue weighted by atomic mass is 10.2. The van der Waals surface area contributed by atoms with Crippen LogP contribution in [0.3, 0.4) is 0 Å². The van der Waals surface area contributed by atoms with Gasteiger partial charge < -0.3 is 15.1 Å². The molecule has 0 bridgehead atoms. The SMILES string of the molecule is Cc1ccccc1NC(=O)CC(=O)N(C)[C@H]1CCN(C)C1. The molecule has 1 N–H and O–H groups in total. The van der Waals surface area contributed by atoms with Gasteiger partial charge in [-0.05, 0) is 38.6 Å². The average molecular weight is 289 g/mol. The molecule has 0 saturated carbocycles. The van der Waals surface area contributed by atoms with Gasteiger partial charge in [0, 0.05) is 25.3 Å². The zero-order valence-corrected chi connectivity index (χ0v) is 12.9. The van der Waals surface area contributed by atoms with Gasteiger partial charge in [-0.3, -0.25) is 9.59 Å². The molecular formula is C16H23N3O2. The van der Waals surface area contributed by atoms with Gasteiger partial charge in [0.25, 0.3) is 0 Å². The van der Waals surface area contributed by atoms with Crippen LogP contribution < -0.4 is 5.32 Å². The Labute approximate surface area is 125 Å². The van der Waals surface area contributed by atoms with Crippen molar-refractivity contribution in [2.24, 2.45) is 0 Å². The predicted octanol–water partition coefficient (Wildman–Crippen LogP) is 1.49.